The van der Waals surface area contributed by atoms with Crippen molar-refractivity contribution in [2.75, 3.05) is 17.8 Å². The van der Waals surface area contributed by atoms with Crippen molar-refractivity contribution in [1.82, 2.24) is 0 Å². The van der Waals surface area contributed by atoms with Crippen molar-refractivity contribution in [1.29, 1.82) is 0 Å². The molecule has 1 amide bonds. The Balaban J connectivity index is 1.84. The smallest absolute Gasteiger partial charge is 0.257 e. The summed E-state index contributed by atoms with van der Waals surface area (Å²) in [4.78, 5) is 12.1. The molecule has 2 aromatic rings. The zero-order valence-corrected chi connectivity index (χ0v) is 10.4. The lowest BCUT2D eigenvalue weighted by Gasteiger charge is -2.08. The van der Waals surface area contributed by atoms with Crippen LogP contribution in [0.3, 0.4) is 0 Å². The Hall–Kier alpha value is -2.89. The third kappa shape index (κ3) is 2.18. The maximum Gasteiger partial charge on any atom is 0.257 e. The number of nitrogen functional groups attached to an aromatic ring is 1. The van der Waals surface area contributed by atoms with Crippen LogP contribution in [0.1, 0.15) is 10.4 Å². The summed E-state index contributed by atoms with van der Waals surface area (Å²) in [6, 6.07) is 9.29. The Morgan fingerprint density at radius 1 is 1.15 bits per heavy atom. The number of nitrogens with one attached hydrogen (secondary N) is 1. The number of nitrogens with two attached hydrogens (primary N) is 1. The SMILES string of the molecule is Nc1ccc(O)cc1C(=O)Nc1ccc2c(c1)OCO2. The highest BCUT2D eigenvalue weighted by atomic mass is 16.7. The van der Waals surface area contributed by atoms with Crippen LogP contribution in [0, 0.1) is 0 Å². The fourth-order valence-corrected chi connectivity index (χ4v) is 1.91. The van der Waals surface area contributed by atoms with Crippen molar-refractivity contribution in [2.24, 2.45) is 0 Å². The first-order valence-corrected chi connectivity index (χ1v) is 5.93. The first-order chi connectivity index (χ1) is 9.63. The molecule has 20 heavy (non-hydrogen) atoms. The topological polar surface area (TPSA) is 93.8 Å². The fourth-order valence-electron chi connectivity index (χ4n) is 1.91. The van der Waals surface area contributed by atoms with E-state index in [0.29, 0.717) is 22.9 Å². The summed E-state index contributed by atoms with van der Waals surface area (Å²) < 4.78 is 10.4. The number of aromatic hydroxyl groups is 1. The molecule has 0 radical (unpaired) electrons. The molecule has 1 aliphatic rings. The van der Waals surface area contributed by atoms with E-state index < -0.39 is 5.91 Å². The molecule has 0 aliphatic carbocycles. The van der Waals surface area contributed by atoms with Crippen LogP contribution < -0.4 is 20.5 Å². The Labute approximate surface area is 114 Å². The third-order valence-corrected chi connectivity index (χ3v) is 2.91. The standard InChI is InChI=1S/C14H12N2O4/c15-11-3-2-9(17)6-10(11)14(18)16-8-1-4-12-13(5-8)20-7-19-12/h1-6,17H,7,15H2,(H,16,18). The molecular weight excluding hydrogens is 260 g/mol. The van der Waals surface area contributed by atoms with Gasteiger partial charge >= 0.3 is 0 Å². The average Bonchev–Trinajstić information content (AvgIpc) is 2.89. The van der Waals surface area contributed by atoms with Gasteiger partial charge in [-0.2, -0.15) is 0 Å². The van der Waals surface area contributed by atoms with Crippen molar-refractivity contribution in [3.8, 4) is 17.2 Å². The van der Waals surface area contributed by atoms with Gasteiger partial charge in [0.05, 0.1) is 5.56 Å². The Kier molecular flexibility index (Phi) is 2.83. The summed E-state index contributed by atoms with van der Waals surface area (Å²) in [5, 5.41) is 12.1. The first-order valence-electron chi connectivity index (χ1n) is 5.93. The molecule has 0 unspecified atom stereocenters. The molecule has 1 heterocycles. The average molecular weight is 272 g/mol. The number of phenols is 1. The van der Waals surface area contributed by atoms with Gasteiger partial charge in [0.2, 0.25) is 6.79 Å². The van der Waals surface area contributed by atoms with Crippen LogP contribution in [0.25, 0.3) is 0 Å². The molecule has 0 saturated carbocycles. The molecule has 0 saturated heterocycles. The largest absolute Gasteiger partial charge is 0.508 e. The van der Waals surface area contributed by atoms with Gasteiger partial charge in [0.15, 0.2) is 11.5 Å². The van der Waals surface area contributed by atoms with E-state index in [0.717, 1.165) is 0 Å². The van der Waals surface area contributed by atoms with E-state index in [1.807, 2.05) is 0 Å². The number of rotatable bonds is 2. The molecule has 6 nitrogen and oxygen atoms in total. The van der Waals surface area contributed by atoms with Gasteiger partial charge < -0.3 is 25.6 Å². The normalized spacial score (nSPS) is 12.2. The summed E-state index contributed by atoms with van der Waals surface area (Å²) >= 11 is 0. The van der Waals surface area contributed by atoms with E-state index >= 15 is 0 Å². The Morgan fingerprint density at radius 3 is 2.80 bits per heavy atom. The Bertz CT molecular complexity index is 685. The van der Waals surface area contributed by atoms with Crippen molar-refractivity contribution < 1.29 is 19.4 Å². The van der Waals surface area contributed by atoms with Crippen LogP contribution >= 0.6 is 0 Å². The minimum Gasteiger partial charge on any atom is -0.508 e. The first kappa shape index (κ1) is 12.2. The lowest BCUT2D eigenvalue weighted by molar-refractivity contribution is 0.102. The monoisotopic (exact) mass is 272 g/mol. The lowest BCUT2D eigenvalue weighted by atomic mass is 10.1. The van der Waals surface area contributed by atoms with Crippen LogP contribution in [0.2, 0.25) is 0 Å². The van der Waals surface area contributed by atoms with E-state index in [2.05, 4.69) is 5.32 Å². The Morgan fingerprint density at radius 2 is 1.95 bits per heavy atom. The fraction of sp³-hybridized carbons (Fsp3) is 0.0714. The zero-order chi connectivity index (χ0) is 14.1. The predicted molar refractivity (Wildman–Crippen MR) is 73.0 cm³/mol. The van der Waals surface area contributed by atoms with Gasteiger partial charge in [-0.25, -0.2) is 0 Å². The minimum absolute atomic E-state index is 0.0185. The van der Waals surface area contributed by atoms with Gasteiger partial charge in [0, 0.05) is 17.4 Å². The summed E-state index contributed by atoms with van der Waals surface area (Å²) in [7, 11) is 0. The second kappa shape index (κ2) is 4.65. The zero-order valence-electron chi connectivity index (χ0n) is 10.4. The maximum atomic E-state index is 12.1. The van der Waals surface area contributed by atoms with Gasteiger partial charge in [0.25, 0.3) is 5.91 Å². The number of amides is 1. The number of hydrogen-bond donors (Lipinski definition) is 3. The van der Waals surface area contributed by atoms with Crippen LogP contribution in [0.4, 0.5) is 11.4 Å². The molecule has 0 bridgehead atoms. The molecule has 0 spiro atoms. The minimum atomic E-state index is -0.405. The van der Waals surface area contributed by atoms with Crippen molar-refractivity contribution in [3.05, 3.63) is 42.0 Å². The number of carbonyl (C=O) groups excluding carboxylic acids is 1. The number of carbonyl (C=O) groups is 1. The number of phenolic OH excluding ortho intramolecular Hbond substituents is 1. The molecule has 102 valence electrons. The van der Waals surface area contributed by atoms with Crippen LogP contribution in [-0.4, -0.2) is 17.8 Å². The summed E-state index contributed by atoms with van der Waals surface area (Å²) in [5.41, 5.74) is 6.78. The van der Waals surface area contributed by atoms with E-state index in [4.69, 9.17) is 15.2 Å². The molecule has 1 aliphatic heterocycles. The van der Waals surface area contributed by atoms with Crippen LogP contribution in [0.15, 0.2) is 36.4 Å². The van der Waals surface area contributed by atoms with E-state index in [1.54, 1.807) is 18.2 Å². The molecule has 0 fully saturated rings. The molecule has 0 aromatic heterocycles. The van der Waals surface area contributed by atoms with E-state index in [1.165, 1.54) is 18.2 Å². The summed E-state index contributed by atoms with van der Waals surface area (Å²) in [6.45, 7) is 0.173. The number of ether oxygens (including phenoxy) is 2. The third-order valence-electron chi connectivity index (χ3n) is 2.91. The summed E-state index contributed by atoms with van der Waals surface area (Å²) in [6.07, 6.45) is 0. The van der Waals surface area contributed by atoms with Crippen molar-refractivity contribution in [2.45, 2.75) is 0 Å². The van der Waals surface area contributed by atoms with Gasteiger partial charge in [0.1, 0.15) is 5.75 Å². The van der Waals surface area contributed by atoms with Crippen molar-refractivity contribution >= 4 is 17.3 Å². The van der Waals surface area contributed by atoms with E-state index in [-0.39, 0.29) is 18.1 Å². The van der Waals surface area contributed by atoms with Gasteiger partial charge in [-0.1, -0.05) is 0 Å². The lowest BCUT2D eigenvalue weighted by Crippen LogP contribution is -2.13. The quantitative estimate of drug-likeness (QED) is 0.574. The van der Waals surface area contributed by atoms with Crippen LogP contribution in [-0.2, 0) is 0 Å². The highest BCUT2D eigenvalue weighted by molar-refractivity contribution is 6.08. The van der Waals surface area contributed by atoms with Crippen molar-refractivity contribution in [3.63, 3.8) is 0 Å². The highest BCUT2D eigenvalue weighted by Crippen LogP contribution is 2.34. The molecule has 3 rings (SSSR count). The van der Waals surface area contributed by atoms with Gasteiger partial charge in [-0.3, -0.25) is 4.79 Å². The molecule has 0 atom stereocenters. The molecular formula is C14H12N2O4. The molecule has 4 N–H and O–H groups in total. The number of hydrogen-bond acceptors (Lipinski definition) is 5. The molecule has 6 heteroatoms. The molecule has 2 aromatic carbocycles. The second-order valence-electron chi connectivity index (χ2n) is 4.29. The number of anilines is 2. The maximum absolute atomic E-state index is 12.1. The summed E-state index contributed by atoms with van der Waals surface area (Å²) in [5.74, 6) is 0.791. The predicted octanol–water partition coefficient (Wildman–Crippen LogP) is 1.96. The van der Waals surface area contributed by atoms with Gasteiger partial charge in [-0.15, -0.1) is 0 Å². The number of fused-ring (bicyclic) bond motifs is 1. The van der Waals surface area contributed by atoms with E-state index in [9.17, 15) is 9.90 Å². The second-order valence-corrected chi connectivity index (χ2v) is 4.29. The van der Waals surface area contributed by atoms with Crippen LogP contribution in [0.5, 0.6) is 17.2 Å². The highest BCUT2D eigenvalue weighted by Gasteiger charge is 2.15. The number of benzene rings is 2. The van der Waals surface area contributed by atoms with Gasteiger partial charge in [-0.05, 0) is 30.3 Å².